The monoisotopic (exact) mass is 344 g/mol. The molecule has 1 aliphatic heterocycles. The van der Waals surface area contributed by atoms with Gasteiger partial charge in [-0.25, -0.2) is 0 Å². The highest BCUT2D eigenvalue weighted by atomic mass is 16.7. The standard InChI is InChI=1S/C12H24O11/c13-1-4(15)7(17)8(18)5(16)3-22-12-11(21)10(20)9(19)6(2-14)23-12/h4-21H,1-3H2/t4?,5?,6?,7-,8-,9-,10?,11+,12-/m1/s1. The molecule has 11 nitrogen and oxygen atoms in total. The molecule has 1 rings (SSSR count). The van der Waals surface area contributed by atoms with Crippen molar-refractivity contribution in [1.29, 1.82) is 0 Å². The van der Waals surface area contributed by atoms with Crippen LogP contribution in [0.25, 0.3) is 0 Å². The Labute approximate surface area is 131 Å². The second-order valence-electron chi connectivity index (χ2n) is 5.33. The molecule has 9 atom stereocenters. The van der Waals surface area contributed by atoms with Crippen LogP contribution in [0, 0.1) is 0 Å². The van der Waals surface area contributed by atoms with Gasteiger partial charge in [-0.15, -0.1) is 0 Å². The summed E-state index contributed by atoms with van der Waals surface area (Å²) >= 11 is 0. The smallest absolute Gasteiger partial charge is 0.186 e. The molecular formula is C12H24O11. The Hall–Kier alpha value is -0.440. The second kappa shape index (κ2) is 9.15. The van der Waals surface area contributed by atoms with E-state index in [-0.39, 0.29) is 0 Å². The summed E-state index contributed by atoms with van der Waals surface area (Å²) in [5.74, 6) is 0. The minimum atomic E-state index is -1.86. The van der Waals surface area contributed by atoms with E-state index in [0.717, 1.165) is 0 Å². The zero-order valence-electron chi connectivity index (χ0n) is 12.2. The lowest BCUT2D eigenvalue weighted by Gasteiger charge is -2.40. The van der Waals surface area contributed by atoms with Crippen LogP contribution in [0.1, 0.15) is 0 Å². The highest BCUT2D eigenvalue weighted by molar-refractivity contribution is 4.89. The zero-order chi connectivity index (χ0) is 17.7. The minimum Gasteiger partial charge on any atom is -0.394 e. The predicted molar refractivity (Wildman–Crippen MR) is 70.8 cm³/mol. The third-order valence-corrected chi connectivity index (χ3v) is 3.61. The Morgan fingerprint density at radius 3 is 1.91 bits per heavy atom. The van der Waals surface area contributed by atoms with Gasteiger partial charge in [-0.2, -0.15) is 0 Å². The maximum atomic E-state index is 9.70. The maximum absolute atomic E-state index is 9.70. The van der Waals surface area contributed by atoms with Crippen LogP contribution in [-0.4, -0.2) is 121 Å². The molecule has 0 aromatic heterocycles. The van der Waals surface area contributed by atoms with Gasteiger partial charge < -0.3 is 55.4 Å². The van der Waals surface area contributed by atoms with Gasteiger partial charge in [0.2, 0.25) is 0 Å². The van der Waals surface area contributed by atoms with Gasteiger partial charge in [0, 0.05) is 0 Å². The number of hydrogen-bond donors (Lipinski definition) is 9. The molecule has 1 heterocycles. The first kappa shape index (κ1) is 20.6. The molecule has 1 saturated heterocycles. The fraction of sp³-hybridized carbons (Fsp3) is 1.00. The molecule has 1 fully saturated rings. The van der Waals surface area contributed by atoms with Crippen LogP contribution in [-0.2, 0) is 9.47 Å². The van der Waals surface area contributed by atoms with E-state index < -0.39 is 74.9 Å². The predicted octanol–water partition coefficient (Wildman–Crippen LogP) is -5.76. The van der Waals surface area contributed by atoms with Crippen molar-refractivity contribution in [3.8, 4) is 0 Å². The van der Waals surface area contributed by atoms with Crippen LogP contribution < -0.4 is 0 Å². The zero-order valence-corrected chi connectivity index (χ0v) is 12.2. The van der Waals surface area contributed by atoms with E-state index in [1.807, 2.05) is 0 Å². The van der Waals surface area contributed by atoms with E-state index in [0.29, 0.717) is 0 Å². The normalized spacial score (nSPS) is 37.2. The topological polar surface area (TPSA) is 201 Å². The molecule has 0 aromatic rings. The van der Waals surface area contributed by atoms with Gasteiger partial charge in [0.15, 0.2) is 6.29 Å². The number of rotatable bonds is 8. The molecule has 4 unspecified atom stereocenters. The lowest BCUT2D eigenvalue weighted by Crippen LogP contribution is -2.59. The lowest BCUT2D eigenvalue weighted by molar-refractivity contribution is -0.306. The van der Waals surface area contributed by atoms with E-state index in [2.05, 4.69) is 0 Å². The first-order chi connectivity index (χ1) is 10.7. The Morgan fingerprint density at radius 1 is 0.826 bits per heavy atom. The molecule has 138 valence electrons. The van der Waals surface area contributed by atoms with Crippen molar-refractivity contribution in [3.05, 3.63) is 0 Å². The Bertz CT molecular complexity index is 341. The molecule has 0 aliphatic carbocycles. The molecule has 11 heteroatoms. The van der Waals surface area contributed by atoms with Crippen LogP contribution >= 0.6 is 0 Å². The summed E-state index contributed by atoms with van der Waals surface area (Å²) in [6, 6.07) is 0. The Morgan fingerprint density at radius 2 is 1.39 bits per heavy atom. The number of aliphatic hydroxyl groups is 9. The molecule has 0 amide bonds. The van der Waals surface area contributed by atoms with Gasteiger partial charge in [0.25, 0.3) is 0 Å². The molecular weight excluding hydrogens is 320 g/mol. The number of aliphatic hydroxyl groups excluding tert-OH is 9. The summed E-state index contributed by atoms with van der Waals surface area (Å²) < 4.78 is 9.99. The SMILES string of the molecule is OCC1O[C@@H](OCC(O)[C@@H](O)[C@H](O)C(O)CO)[C@@H](O)C(O)[C@@H]1O. The third kappa shape index (κ3) is 5.01. The minimum absolute atomic E-state index is 0.655. The van der Waals surface area contributed by atoms with Gasteiger partial charge in [-0.3, -0.25) is 0 Å². The van der Waals surface area contributed by atoms with Crippen molar-refractivity contribution in [1.82, 2.24) is 0 Å². The van der Waals surface area contributed by atoms with E-state index in [1.54, 1.807) is 0 Å². The average Bonchev–Trinajstić information content (AvgIpc) is 2.56. The molecule has 0 aromatic carbocycles. The first-order valence-electron chi connectivity index (χ1n) is 6.99. The van der Waals surface area contributed by atoms with Crippen molar-refractivity contribution in [2.45, 2.75) is 55.1 Å². The Kier molecular flexibility index (Phi) is 8.20. The molecule has 23 heavy (non-hydrogen) atoms. The molecule has 0 spiro atoms. The first-order valence-corrected chi connectivity index (χ1v) is 6.99. The fourth-order valence-corrected chi connectivity index (χ4v) is 2.06. The molecule has 0 saturated carbocycles. The second-order valence-corrected chi connectivity index (χ2v) is 5.33. The highest BCUT2D eigenvalue weighted by Gasteiger charge is 2.44. The summed E-state index contributed by atoms with van der Waals surface area (Å²) in [5, 5.41) is 84.4. The quantitative estimate of drug-likeness (QED) is 0.203. The van der Waals surface area contributed by atoms with E-state index in [4.69, 9.17) is 19.7 Å². The van der Waals surface area contributed by atoms with Crippen molar-refractivity contribution >= 4 is 0 Å². The summed E-state index contributed by atoms with van der Waals surface area (Å²) in [4.78, 5) is 0. The summed E-state index contributed by atoms with van der Waals surface area (Å²) in [5.41, 5.74) is 0. The van der Waals surface area contributed by atoms with Gasteiger partial charge in [-0.05, 0) is 0 Å². The summed E-state index contributed by atoms with van der Waals surface area (Å²) in [6.07, 6.45) is -14.7. The van der Waals surface area contributed by atoms with Crippen LogP contribution in [0.4, 0.5) is 0 Å². The van der Waals surface area contributed by atoms with Crippen LogP contribution in [0.5, 0.6) is 0 Å². The largest absolute Gasteiger partial charge is 0.394 e. The van der Waals surface area contributed by atoms with Gasteiger partial charge >= 0.3 is 0 Å². The maximum Gasteiger partial charge on any atom is 0.186 e. The van der Waals surface area contributed by atoms with Gasteiger partial charge in [-0.1, -0.05) is 0 Å². The van der Waals surface area contributed by atoms with Crippen molar-refractivity contribution in [2.75, 3.05) is 19.8 Å². The number of hydrogen-bond acceptors (Lipinski definition) is 11. The van der Waals surface area contributed by atoms with Crippen molar-refractivity contribution in [2.24, 2.45) is 0 Å². The summed E-state index contributed by atoms with van der Waals surface area (Å²) in [6.45, 7) is -2.16. The third-order valence-electron chi connectivity index (χ3n) is 3.61. The van der Waals surface area contributed by atoms with E-state index in [1.165, 1.54) is 0 Å². The Balaban J connectivity index is 2.55. The van der Waals surface area contributed by atoms with E-state index >= 15 is 0 Å². The van der Waals surface area contributed by atoms with Gasteiger partial charge in [0.05, 0.1) is 19.8 Å². The fourth-order valence-electron chi connectivity index (χ4n) is 2.06. The van der Waals surface area contributed by atoms with Crippen LogP contribution in [0.3, 0.4) is 0 Å². The van der Waals surface area contributed by atoms with Crippen LogP contribution in [0.2, 0.25) is 0 Å². The van der Waals surface area contributed by atoms with Crippen molar-refractivity contribution < 1.29 is 55.4 Å². The molecule has 0 bridgehead atoms. The molecule has 9 N–H and O–H groups in total. The van der Waals surface area contributed by atoms with Crippen molar-refractivity contribution in [3.63, 3.8) is 0 Å². The average molecular weight is 344 g/mol. The highest BCUT2D eigenvalue weighted by Crippen LogP contribution is 2.22. The van der Waals surface area contributed by atoms with E-state index in [9.17, 15) is 35.7 Å². The summed E-state index contributed by atoms with van der Waals surface area (Å²) in [7, 11) is 0. The number of ether oxygens (including phenoxy) is 2. The molecule has 0 radical (unpaired) electrons. The molecule has 1 aliphatic rings. The van der Waals surface area contributed by atoms with Crippen LogP contribution in [0.15, 0.2) is 0 Å². The van der Waals surface area contributed by atoms with Gasteiger partial charge in [0.1, 0.15) is 48.8 Å². The lowest BCUT2D eigenvalue weighted by atomic mass is 9.99.